The second kappa shape index (κ2) is 5.74. The van der Waals surface area contributed by atoms with Gasteiger partial charge >= 0.3 is 0 Å². The third-order valence-electron chi connectivity index (χ3n) is 3.58. The zero-order valence-corrected chi connectivity index (χ0v) is 11.6. The van der Waals surface area contributed by atoms with Gasteiger partial charge in [0.15, 0.2) is 5.58 Å². The molecule has 0 spiro atoms. The Morgan fingerprint density at radius 2 is 2.10 bits per heavy atom. The molecule has 1 aromatic heterocycles. The summed E-state index contributed by atoms with van der Waals surface area (Å²) in [6.07, 6.45) is 1.26. The molecule has 0 fully saturated rings. The van der Waals surface area contributed by atoms with E-state index in [1.807, 2.05) is 32.0 Å². The number of hydrogen-bond donors (Lipinski definition) is 1. The summed E-state index contributed by atoms with van der Waals surface area (Å²) in [5.41, 5.74) is 0.460. The van der Waals surface area contributed by atoms with Crippen LogP contribution in [0.1, 0.15) is 32.4 Å². The average Bonchev–Trinajstić information content (AvgIpc) is 2.88. The summed E-state index contributed by atoms with van der Waals surface area (Å²) in [4.78, 5) is 12.1. The molecule has 5 nitrogen and oxygen atoms in total. The number of nitriles is 1. The van der Waals surface area contributed by atoms with Crippen molar-refractivity contribution in [2.75, 3.05) is 0 Å². The first-order chi connectivity index (χ1) is 9.64. The molecule has 1 heterocycles. The summed E-state index contributed by atoms with van der Waals surface area (Å²) < 4.78 is 5.16. The Kier molecular flexibility index (Phi) is 4.04. The molecule has 2 aromatic rings. The van der Waals surface area contributed by atoms with Gasteiger partial charge in [0, 0.05) is 5.39 Å². The minimum Gasteiger partial charge on any atom is -0.356 e. The summed E-state index contributed by atoms with van der Waals surface area (Å²) >= 11 is 0. The van der Waals surface area contributed by atoms with E-state index < -0.39 is 5.54 Å². The molecule has 2 rings (SSSR count). The van der Waals surface area contributed by atoms with E-state index in [1.54, 1.807) is 6.07 Å². The van der Waals surface area contributed by atoms with Gasteiger partial charge in [-0.2, -0.15) is 5.26 Å². The summed E-state index contributed by atoms with van der Waals surface area (Å²) in [5.74, 6) is -0.214. The van der Waals surface area contributed by atoms with Crippen LogP contribution in [-0.4, -0.2) is 16.6 Å². The number of nitrogens with one attached hydrogen (secondary N) is 1. The van der Waals surface area contributed by atoms with Gasteiger partial charge in [0.2, 0.25) is 5.91 Å². The Morgan fingerprint density at radius 3 is 2.75 bits per heavy atom. The van der Waals surface area contributed by atoms with E-state index in [2.05, 4.69) is 16.5 Å². The molecule has 1 N–H and O–H groups in total. The summed E-state index contributed by atoms with van der Waals surface area (Å²) in [6.45, 7) is 3.77. The van der Waals surface area contributed by atoms with Crippen LogP contribution in [0.4, 0.5) is 0 Å². The number of rotatable bonds is 5. The first kappa shape index (κ1) is 14.1. The summed E-state index contributed by atoms with van der Waals surface area (Å²) in [6, 6.07) is 9.59. The van der Waals surface area contributed by atoms with Crippen molar-refractivity contribution < 1.29 is 9.32 Å². The highest BCUT2D eigenvalue weighted by Gasteiger charge is 2.28. The van der Waals surface area contributed by atoms with Crippen molar-refractivity contribution in [3.05, 3.63) is 30.0 Å². The van der Waals surface area contributed by atoms with Gasteiger partial charge in [-0.05, 0) is 25.0 Å². The molecule has 0 saturated carbocycles. The average molecular weight is 271 g/mol. The molecule has 5 heteroatoms. The van der Waals surface area contributed by atoms with Gasteiger partial charge < -0.3 is 9.84 Å². The molecule has 1 amide bonds. The Balaban J connectivity index is 2.14. The zero-order chi connectivity index (χ0) is 14.6. The molecule has 1 aromatic carbocycles. The van der Waals surface area contributed by atoms with E-state index in [0.717, 1.165) is 5.39 Å². The lowest BCUT2D eigenvalue weighted by molar-refractivity contribution is -0.121. The minimum atomic E-state index is -0.795. The molecule has 0 unspecified atom stereocenters. The Labute approximate surface area is 117 Å². The lowest BCUT2D eigenvalue weighted by Crippen LogP contribution is -2.47. The van der Waals surface area contributed by atoms with Crippen molar-refractivity contribution in [3.63, 3.8) is 0 Å². The number of aromatic nitrogens is 1. The van der Waals surface area contributed by atoms with Gasteiger partial charge in [0.25, 0.3) is 0 Å². The van der Waals surface area contributed by atoms with E-state index in [1.165, 1.54) is 0 Å². The first-order valence-electron chi connectivity index (χ1n) is 6.69. The van der Waals surface area contributed by atoms with E-state index in [4.69, 9.17) is 4.52 Å². The Morgan fingerprint density at radius 1 is 1.40 bits per heavy atom. The number of carbonyl (C=O) groups excluding carboxylic acids is 1. The summed E-state index contributed by atoms with van der Waals surface area (Å²) in [5, 5.41) is 16.8. The third-order valence-corrected chi connectivity index (χ3v) is 3.58. The highest BCUT2D eigenvalue weighted by molar-refractivity contribution is 5.86. The van der Waals surface area contributed by atoms with Gasteiger partial charge in [-0.25, -0.2) is 0 Å². The maximum atomic E-state index is 12.1. The minimum absolute atomic E-state index is 0.112. The fourth-order valence-electron chi connectivity index (χ4n) is 2.14. The number of carbonyl (C=O) groups is 1. The van der Waals surface area contributed by atoms with Crippen molar-refractivity contribution in [1.82, 2.24) is 10.5 Å². The van der Waals surface area contributed by atoms with Gasteiger partial charge in [0.1, 0.15) is 11.2 Å². The molecule has 0 aliphatic rings. The molecule has 0 atom stereocenters. The predicted octanol–water partition coefficient (Wildman–Crippen LogP) is 2.57. The highest BCUT2D eigenvalue weighted by Crippen LogP contribution is 2.19. The van der Waals surface area contributed by atoms with Crippen LogP contribution in [0.15, 0.2) is 28.8 Å². The number of para-hydroxylation sites is 1. The summed E-state index contributed by atoms with van der Waals surface area (Å²) in [7, 11) is 0. The highest BCUT2D eigenvalue weighted by atomic mass is 16.5. The van der Waals surface area contributed by atoms with Gasteiger partial charge in [-0.3, -0.25) is 4.79 Å². The quantitative estimate of drug-likeness (QED) is 0.906. The maximum absolute atomic E-state index is 12.1. The van der Waals surface area contributed by atoms with Crippen LogP contribution in [0.25, 0.3) is 11.0 Å². The number of fused-ring (bicyclic) bond motifs is 1. The second-order valence-electron chi connectivity index (χ2n) is 4.75. The van der Waals surface area contributed by atoms with E-state index in [0.29, 0.717) is 24.1 Å². The lowest BCUT2D eigenvalue weighted by Gasteiger charge is -2.24. The number of hydrogen-bond acceptors (Lipinski definition) is 4. The van der Waals surface area contributed by atoms with Crippen molar-refractivity contribution >= 4 is 16.9 Å². The van der Waals surface area contributed by atoms with Crippen LogP contribution in [0.2, 0.25) is 0 Å². The van der Waals surface area contributed by atoms with E-state index in [-0.39, 0.29) is 12.3 Å². The predicted molar refractivity (Wildman–Crippen MR) is 74.8 cm³/mol. The van der Waals surface area contributed by atoms with E-state index in [9.17, 15) is 10.1 Å². The molecule has 0 bridgehead atoms. The number of benzene rings is 1. The van der Waals surface area contributed by atoms with Crippen LogP contribution in [0.5, 0.6) is 0 Å². The standard InChI is InChI=1S/C15H17N3O2/c1-3-15(4-2,10-16)17-14(19)9-12-11-7-5-6-8-13(11)20-18-12/h5-8H,3-4,9H2,1-2H3,(H,17,19). The molecule has 0 radical (unpaired) electrons. The molecule has 20 heavy (non-hydrogen) atoms. The normalized spacial score (nSPS) is 11.2. The molecule has 0 saturated heterocycles. The van der Waals surface area contributed by atoms with Crippen LogP contribution in [-0.2, 0) is 11.2 Å². The van der Waals surface area contributed by atoms with Crippen molar-refractivity contribution in [2.45, 2.75) is 38.6 Å². The molecule has 0 aliphatic heterocycles. The first-order valence-corrected chi connectivity index (χ1v) is 6.69. The number of nitrogens with zero attached hydrogens (tertiary/aromatic N) is 2. The smallest absolute Gasteiger partial charge is 0.227 e. The van der Waals surface area contributed by atoms with Gasteiger partial charge in [-0.15, -0.1) is 0 Å². The topological polar surface area (TPSA) is 78.9 Å². The van der Waals surface area contributed by atoms with E-state index >= 15 is 0 Å². The molecular formula is C15H17N3O2. The van der Waals surface area contributed by atoms with Crippen LogP contribution in [0.3, 0.4) is 0 Å². The van der Waals surface area contributed by atoms with Gasteiger partial charge in [0.05, 0.1) is 12.5 Å². The van der Waals surface area contributed by atoms with Crippen molar-refractivity contribution in [2.24, 2.45) is 0 Å². The van der Waals surface area contributed by atoms with Crippen LogP contribution in [0, 0.1) is 11.3 Å². The zero-order valence-electron chi connectivity index (χ0n) is 11.6. The fourth-order valence-corrected chi connectivity index (χ4v) is 2.14. The largest absolute Gasteiger partial charge is 0.356 e. The van der Waals surface area contributed by atoms with Crippen LogP contribution >= 0.6 is 0 Å². The maximum Gasteiger partial charge on any atom is 0.227 e. The third kappa shape index (κ3) is 2.64. The number of amides is 1. The van der Waals surface area contributed by atoms with Crippen molar-refractivity contribution in [1.29, 1.82) is 5.26 Å². The Bertz CT molecular complexity index is 650. The SMILES string of the molecule is CCC(C#N)(CC)NC(=O)Cc1noc2ccccc12. The lowest BCUT2D eigenvalue weighted by atomic mass is 9.94. The fraction of sp³-hybridized carbons (Fsp3) is 0.400. The second-order valence-corrected chi connectivity index (χ2v) is 4.75. The van der Waals surface area contributed by atoms with Gasteiger partial charge in [-0.1, -0.05) is 31.1 Å². The molecule has 104 valence electrons. The van der Waals surface area contributed by atoms with Crippen LogP contribution < -0.4 is 5.32 Å². The van der Waals surface area contributed by atoms with Crippen molar-refractivity contribution in [3.8, 4) is 6.07 Å². The monoisotopic (exact) mass is 271 g/mol. The molecular weight excluding hydrogens is 254 g/mol. The molecule has 0 aliphatic carbocycles. The Hall–Kier alpha value is -2.35.